The van der Waals surface area contributed by atoms with Gasteiger partial charge in [0.05, 0.1) is 5.56 Å². The number of hydrogen-bond donors (Lipinski definition) is 2. The standard InChI is InChI=1S/C10H15NO4S2/c1-2-3-4-5-11-17(14,15)9-6-8(7-16-9)10(12)13/h6-7,11H,2-5H2,1H3,(H,12,13). The summed E-state index contributed by atoms with van der Waals surface area (Å²) in [5.74, 6) is -1.12. The lowest BCUT2D eigenvalue weighted by Gasteiger charge is -2.03. The lowest BCUT2D eigenvalue weighted by molar-refractivity contribution is 0.0697. The Balaban J connectivity index is 2.66. The molecule has 1 heterocycles. The van der Waals surface area contributed by atoms with Gasteiger partial charge in [0.1, 0.15) is 4.21 Å². The number of carboxylic acid groups (broad SMARTS) is 1. The first kappa shape index (κ1) is 14.1. The molecule has 0 aliphatic rings. The van der Waals surface area contributed by atoms with Crippen molar-refractivity contribution in [2.75, 3.05) is 6.54 Å². The molecule has 0 saturated carbocycles. The number of thiophene rings is 1. The van der Waals surface area contributed by atoms with Crippen LogP contribution in [0.2, 0.25) is 0 Å². The van der Waals surface area contributed by atoms with Gasteiger partial charge >= 0.3 is 5.97 Å². The van der Waals surface area contributed by atoms with Crippen molar-refractivity contribution in [1.82, 2.24) is 4.72 Å². The molecule has 0 fully saturated rings. The van der Waals surface area contributed by atoms with E-state index in [0.29, 0.717) is 6.54 Å². The van der Waals surface area contributed by atoms with Gasteiger partial charge in [0.25, 0.3) is 0 Å². The highest BCUT2D eigenvalue weighted by Crippen LogP contribution is 2.19. The first-order chi connectivity index (χ1) is 7.97. The zero-order valence-electron chi connectivity index (χ0n) is 9.47. The highest BCUT2D eigenvalue weighted by atomic mass is 32.2. The minimum Gasteiger partial charge on any atom is -0.478 e. The largest absolute Gasteiger partial charge is 0.478 e. The predicted molar refractivity (Wildman–Crippen MR) is 66.0 cm³/mol. The van der Waals surface area contributed by atoms with E-state index in [1.54, 1.807) is 0 Å². The van der Waals surface area contributed by atoms with Gasteiger partial charge < -0.3 is 5.11 Å². The van der Waals surface area contributed by atoms with Crippen LogP contribution >= 0.6 is 11.3 Å². The number of hydrogen-bond acceptors (Lipinski definition) is 4. The van der Waals surface area contributed by atoms with Gasteiger partial charge in [-0.15, -0.1) is 11.3 Å². The summed E-state index contributed by atoms with van der Waals surface area (Å²) in [6.07, 6.45) is 2.77. The minimum absolute atomic E-state index is 0.00364. The summed E-state index contributed by atoms with van der Waals surface area (Å²) in [7, 11) is -3.55. The molecule has 0 saturated heterocycles. The third-order valence-corrected chi connectivity index (χ3v) is 5.06. The molecule has 17 heavy (non-hydrogen) atoms. The van der Waals surface area contributed by atoms with Crippen LogP contribution in [0.4, 0.5) is 0 Å². The fourth-order valence-corrected chi connectivity index (χ4v) is 3.49. The molecule has 0 atom stereocenters. The summed E-state index contributed by atoms with van der Waals surface area (Å²) in [5.41, 5.74) is 0.00364. The van der Waals surface area contributed by atoms with E-state index in [9.17, 15) is 13.2 Å². The van der Waals surface area contributed by atoms with E-state index in [4.69, 9.17) is 5.11 Å². The van der Waals surface area contributed by atoms with Crippen molar-refractivity contribution in [1.29, 1.82) is 0 Å². The molecule has 0 aliphatic carbocycles. The maximum Gasteiger partial charge on any atom is 0.336 e. The summed E-state index contributed by atoms with van der Waals surface area (Å²) in [5, 5.41) is 10.0. The molecule has 0 aromatic carbocycles. The molecule has 0 unspecified atom stereocenters. The smallest absolute Gasteiger partial charge is 0.336 e. The molecule has 0 radical (unpaired) electrons. The summed E-state index contributed by atoms with van der Waals surface area (Å²) in [6.45, 7) is 2.42. The molecule has 0 aliphatic heterocycles. The second-order valence-corrected chi connectivity index (χ2v) is 6.47. The molecule has 0 amide bonds. The quantitative estimate of drug-likeness (QED) is 0.746. The molecule has 5 nitrogen and oxygen atoms in total. The van der Waals surface area contributed by atoms with Crippen molar-refractivity contribution in [2.24, 2.45) is 0 Å². The van der Waals surface area contributed by atoms with Gasteiger partial charge in [-0.05, 0) is 12.5 Å². The number of nitrogens with one attached hydrogen (secondary N) is 1. The van der Waals surface area contributed by atoms with E-state index in [1.807, 2.05) is 6.92 Å². The lowest BCUT2D eigenvalue weighted by Crippen LogP contribution is -2.24. The molecule has 7 heteroatoms. The Kier molecular flexibility index (Phi) is 5.10. The zero-order chi connectivity index (χ0) is 12.9. The number of aromatic carboxylic acids is 1. The zero-order valence-corrected chi connectivity index (χ0v) is 11.1. The van der Waals surface area contributed by atoms with Gasteiger partial charge in [-0.1, -0.05) is 19.8 Å². The van der Waals surface area contributed by atoms with E-state index in [1.165, 1.54) is 11.4 Å². The Bertz CT molecular complexity index is 478. The molecule has 96 valence electrons. The van der Waals surface area contributed by atoms with Crippen LogP contribution in [0.15, 0.2) is 15.7 Å². The first-order valence-corrected chi connectivity index (χ1v) is 7.65. The molecule has 0 spiro atoms. The van der Waals surface area contributed by atoms with E-state index in [2.05, 4.69) is 4.72 Å². The fourth-order valence-electron chi connectivity index (χ4n) is 1.22. The molecule has 0 bridgehead atoms. The second kappa shape index (κ2) is 6.13. The highest BCUT2D eigenvalue weighted by Gasteiger charge is 2.17. The molecular formula is C10H15NO4S2. The van der Waals surface area contributed by atoms with Crippen LogP contribution in [0.3, 0.4) is 0 Å². The summed E-state index contributed by atoms with van der Waals surface area (Å²) < 4.78 is 26.0. The van der Waals surface area contributed by atoms with Crippen LogP contribution < -0.4 is 4.72 Å². The summed E-state index contributed by atoms with van der Waals surface area (Å²) in [4.78, 5) is 10.6. The summed E-state index contributed by atoms with van der Waals surface area (Å²) in [6, 6.07) is 1.18. The maximum absolute atomic E-state index is 11.7. The molecule has 1 aromatic heterocycles. The normalized spacial score (nSPS) is 11.6. The Morgan fingerprint density at radius 1 is 1.47 bits per heavy atom. The third kappa shape index (κ3) is 4.10. The van der Waals surface area contributed by atoms with Crippen LogP contribution in [0, 0.1) is 0 Å². The van der Waals surface area contributed by atoms with Crippen molar-refractivity contribution in [3.05, 3.63) is 17.0 Å². The Morgan fingerprint density at radius 3 is 2.71 bits per heavy atom. The van der Waals surface area contributed by atoms with Crippen LogP contribution in [0.25, 0.3) is 0 Å². The molecule has 2 N–H and O–H groups in total. The number of rotatable bonds is 7. The van der Waals surface area contributed by atoms with Crippen molar-refractivity contribution in [3.8, 4) is 0 Å². The van der Waals surface area contributed by atoms with E-state index in [-0.39, 0.29) is 9.77 Å². The van der Waals surface area contributed by atoms with Gasteiger partial charge in [0, 0.05) is 11.9 Å². The van der Waals surface area contributed by atoms with Crippen LogP contribution in [-0.4, -0.2) is 26.0 Å². The van der Waals surface area contributed by atoms with E-state index < -0.39 is 16.0 Å². The topological polar surface area (TPSA) is 83.5 Å². The Labute approximate surface area is 105 Å². The fraction of sp³-hybridized carbons (Fsp3) is 0.500. The molecule has 1 aromatic rings. The monoisotopic (exact) mass is 277 g/mol. The molecule has 1 rings (SSSR count). The third-order valence-electron chi connectivity index (χ3n) is 2.16. The minimum atomic E-state index is -3.55. The Hall–Kier alpha value is -0.920. The van der Waals surface area contributed by atoms with Crippen LogP contribution in [0.1, 0.15) is 36.5 Å². The van der Waals surface area contributed by atoms with Crippen molar-refractivity contribution in [3.63, 3.8) is 0 Å². The molecular weight excluding hydrogens is 262 g/mol. The summed E-state index contributed by atoms with van der Waals surface area (Å²) >= 11 is 0.917. The van der Waals surface area contributed by atoms with E-state index in [0.717, 1.165) is 30.6 Å². The van der Waals surface area contributed by atoms with Gasteiger partial charge in [-0.25, -0.2) is 17.9 Å². The van der Waals surface area contributed by atoms with Crippen molar-refractivity contribution in [2.45, 2.75) is 30.4 Å². The number of sulfonamides is 1. The predicted octanol–water partition coefficient (Wildman–Crippen LogP) is 1.91. The van der Waals surface area contributed by atoms with Gasteiger partial charge in [0.15, 0.2) is 0 Å². The number of unbranched alkanes of at least 4 members (excludes halogenated alkanes) is 2. The van der Waals surface area contributed by atoms with Crippen LogP contribution in [-0.2, 0) is 10.0 Å². The average molecular weight is 277 g/mol. The lowest BCUT2D eigenvalue weighted by atomic mass is 10.3. The van der Waals surface area contributed by atoms with E-state index >= 15 is 0 Å². The number of carboxylic acids is 1. The first-order valence-electron chi connectivity index (χ1n) is 5.29. The highest BCUT2D eigenvalue weighted by molar-refractivity contribution is 7.91. The SMILES string of the molecule is CCCCCNS(=O)(=O)c1cc(C(=O)O)cs1. The average Bonchev–Trinajstić information content (AvgIpc) is 2.74. The van der Waals surface area contributed by atoms with Crippen LogP contribution in [0.5, 0.6) is 0 Å². The Morgan fingerprint density at radius 2 is 2.18 bits per heavy atom. The van der Waals surface area contributed by atoms with Gasteiger partial charge in [-0.2, -0.15) is 0 Å². The van der Waals surface area contributed by atoms with Crippen molar-refractivity contribution >= 4 is 27.3 Å². The maximum atomic E-state index is 11.7. The van der Waals surface area contributed by atoms with Gasteiger partial charge in [0.2, 0.25) is 10.0 Å². The second-order valence-electron chi connectivity index (χ2n) is 3.56. The van der Waals surface area contributed by atoms with Gasteiger partial charge in [-0.3, -0.25) is 0 Å². The number of carbonyl (C=O) groups is 1. The van der Waals surface area contributed by atoms with Crippen molar-refractivity contribution < 1.29 is 18.3 Å².